The Morgan fingerprint density at radius 3 is 2.58 bits per heavy atom. The molecule has 1 saturated carbocycles. The number of para-hydroxylation sites is 1. The number of nitrogens with one attached hydrogen (secondary N) is 1. The molecule has 0 unspecified atom stereocenters. The fourth-order valence-electron chi connectivity index (χ4n) is 2.84. The number of hydrogen-bond donors (Lipinski definition) is 1. The molecule has 1 aromatic rings. The smallest absolute Gasteiger partial charge is 0.122 e. The van der Waals surface area contributed by atoms with E-state index < -0.39 is 0 Å². The van der Waals surface area contributed by atoms with Gasteiger partial charge in [0.2, 0.25) is 0 Å². The van der Waals surface area contributed by atoms with E-state index in [9.17, 15) is 0 Å². The van der Waals surface area contributed by atoms with Gasteiger partial charge in [-0.05, 0) is 30.9 Å². The van der Waals surface area contributed by atoms with Crippen molar-refractivity contribution in [2.45, 2.75) is 57.9 Å². The van der Waals surface area contributed by atoms with Crippen LogP contribution in [-0.2, 0) is 6.42 Å². The van der Waals surface area contributed by atoms with Gasteiger partial charge in [0, 0.05) is 12.6 Å². The van der Waals surface area contributed by atoms with Gasteiger partial charge in [-0.1, -0.05) is 50.8 Å². The Bertz CT molecular complexity index is 356. The summed E-state index contributed by atoms with van der Waals surface area (Å²) < 4.78 is 5.89. The van der Waals surface area contributed by atoms with Crippen molar-refractivity contribution in [3.63, 3.8) is 0 Å². The Balaban J connectivity index is 1.68. The maximum atomic E-state index is 5.89. The third-order valence-corrected chi connectivity index (χ3v) is 4.00. The number of rotatable bonds is 6. The predicted molar refractivity (Wildman–Crippen MR) is 80.8 cm³/mol. The van der Waals surface area contributed by atoms with Gasteiger partial charge >= 0.3 is 0 Å². The summed E-state index contributed by atoms with van der Waals surface area (Å²) in [7, 11) is 0. The first-order valence-electron chi connectivity index (χ1n) is 7.84. The van der Waals surface area contributed by atoms with Crippen LogP contribution in [0.1, 0.15) is 51.0 Å². The summed E-state index contributed by atoms with van der Waals surface area (Å²) in [5, 5.41) is 3.64. The molecule has 0 aromatic heterocycles. The summed E-state index contributed by atoms with van der Waals surface area (Å²) in [4.78, 5) is 0. The lowest BCUT2D eigenvalue weighted by atomic mass is 10.1. The van der Waals surface area contributed by atoms with Crippen LogP contribution in [0.2, 0.25) is 0 Å². The van der Waals surface area contributed by atoms with Crippen molar-refractivity contribution in [1.82, 2.24) is 5.32 Å². The third kappa shape index (κ3) is 4.87. The summed E-state index contributed by atoms with van der Waals surface area (Å²) >= 11 is 0. The van der Waals surface area contributed by atoms with Crippen LogP contribution in [0.25, 0.3) is 0 Å². The maximum Gasteiger partial charge on any atom is 0.122 e. The molecule has 19 heavy (non-hydrogen) atoms. The molecular weight excluding hydrogens is 234 g/mol. The average molecular weight is 261 g/mol. The minimum atomic E-state index is 0.715. The van der Waals surface area contributed by atoms with Gasteiger partial charge in [0.25, 0.3) is 0 Å². The molecular formula is C17H27NO. The van der Waals surface area contributed by atoms with E-state index in [0.29, 0.717) is 6.04 Å². The first-order valence-corrected chi connectivity index (χ1v) is 7.84. The van der Waals surface area contributed by atoms with E-state index in [-0.39, 0.29) is 0 Å². The van der Waals surface area contributed by atoms with Gasteiger partial charge in [-0.25, -0.2) is 0 Å². The summed E-state index contributed by atoms with van der Waals surface area (Å²) in [6, 6.07) is 9.06. The fourth-order valence-corrected chi connectivity index (χ4v) is 2.84. The summed E-state index contributed by atoms with van der Waals surface area (Å²) in [5.74, 6) is 1.05. The maximum absolute atomic E-state index is 5.89. The molecule has 0 spiro atoms. The molecule has 0 amide bonds. The molecule has 1 aliphatic carbocycles. The molecule has 1 aromatic carbocycles. The van der Waals surface area contributed by atoms with Crippen LogP contribution in [0.5, 0.6) is 5.75 Å². The number of aryl methyl sites for hydroxylation is 1. The highest BCUT2D eigenvalue weighted by atomic mass is 16.5. The Morgan fingerprint density at radius 1 is 1.11 bits per heavy atom. The van der Waals surface area contributed by atoms with Crippen molar-refractivity contribution >= 4 is 0 Å². The number of hydrogen-bond acceptors (Lipinski definition) is 2. The zero-order valence-corrected chi connectivity index (χ0v) is 12.2. The van der Waals surface area contributed by atoms with Crippen molar-refractivity contribution in [2.75, 3.05) is 13.2 Å². The van der Waals surface area contributed by atoms with Crippen molar-refractivity contribution in [3.05, 3.63) is 29.8 Å². The zero-order valence-electron chi connectivity index (χ0n) is 12.2. The van der Waals surface area contributed by atoms with Gasteiger partial charge in [-0.15, -0.1) is 0 Å². The van der Waals surface area contributed by atoms with Crippen LogP contribution in [0.3, 0.4) is 0 Å². The lowest BCUT2D eigenvalue weighted by Crippen LogP contribution is -2.32. The van der Waals surface area contributed by atoms with E-state index in [0.717, 1.165) is 25.3 Å². The quantitative estimate of drug-likeness (QED) is 0.618. The van der Waals surface area contributed by atoms with Gasteiger partial charge in [0.15, 0.2) is 0 Å². The first-order chi connectivity index (χ1) is 9.40. The molecule has 0 atom stereocenters. The number of benzene rings is 1. The van der Waals surface area contributed by atoms with Gasteiger partial charge in [-0.3, -0.25) is 0 Å². The van der Waals surface area contributed by atoms with Crippen LogP contribution in [-0.4, -0.2) is 19.2 Å². The van der Waals surface area contributed by atoms with E-state index in [2.05, 4.69) is 30.4 Å². The van der Waals surface area contributed by atoms with E-state index in [1.165, 1.54) is 44.1 Å². The first kappa shape index (κ1) is 14.4. The second-order valence-electron chi connectivity index (χ2n) is 5.45. The average Bonchev–Trinajstić information content (AvgIpc) is 2.72. The molecule has 2 heteroatoms. The van der Waals surface area contributed by atoms with E-state index in [1.54, 1.807) is 0 Å². The Kier molecular flexibility index (Phi) is 6.22. The lowest BCUT2D eigenvalue weighted by molar-refractivity contribution is 0.298. The second-order valence-corrected chi connectivity index (χ2v) is 5.45. The predicted octanol–water partition coefficient (Wildman–Crippen LogP) is 3.94. The van der Waals surface area contributed by atoms with Gasteiger partial charge in [0.1, 0.15) is 12.4 Å². The summed E-state index contributed by atoms with van der Waals surface area (Å²) in [5.41, 5.74) is 1.30. The third-order valence-electron chi connectivity index (χ3n) is 4.00. The monoisotopic (exact) mass is 261 g/mol. The molecule has 1 N–H and O–H groups in total. The Hall–Kier alpha value is -1.02. The molecule has 1 aliphatic rings. The Labute approximate surface area is 117 Å². The highest BCUT2D eigenvalue weighted by molar-refractivity contribution is 5.33. The van der Waals surface area contributed by atoms with Gasteiger partial charge in [-0.2, -0.15) is 0 Å². The van der Waals surface area contributed by atoms with Crippen LogP contribution in [0.4, 0.5) is 0 Å². The standard InChI is InChI=1S/C17H27NO/c1-2-15-9-7-8-12-17(15)19-14-13-18-16-10-5-3-4-6-11-16/h7-9,12,16,18H,2-6,10-11,13-14H2,1H3. The van der Waals surface area contributed by atoms with E-state index in [4.69, 9.17) is 4.74 Å². The summed E-state index contributed by atoms with van der Waals surface area (Å²) in [6.07, 6.45) is 9.31. The van der Waals surface area contributed by atoms with Crippen molar-refractivity contribution in [1.29, 1.82) is 0 Å². The normalized spacial score (nSPS) is 17.1. The molecule has 0 heterocycles. The molecule has 0 aliphatic heterocycles. The van der Waals surface area contributed by atoms with Gasteiger partial charge < -0.3 is 10.1 Å². The molecule has 1 fully saturated rings. The van der Waals surface area contributed by atoms with Gasteiger partial charge in [0.05, 0.1) is 0 Å². The van der Waals surface area contributed by atoms with Crippen LogP contribution >= 0.6 is 0 Å². The Morgan fingerprint density at radius 2 is 1.84 bits per heavy atom. The van der Waals surface area contributed by atoms with Crippen molar-refractivity contribution < 1.29 is 4.74 Å². The van der Waals surface area contributed by atoms with Crippen LogP contribution < -0.4 is 10.1 Å². The second kappa shape index (κ2) is 8.21. The van der Waals surface area contributed by atoms with E-state index in [1.807, 2.05) is 6.07 Å². The van der Waals surface area contributed by atoms with E-state index >= 15 is 0 Å². The SMILES string of the molecule is CCc1ccccc1OCCNC1CCCCCC1. The molecule has 0 saturated heterocycles. The lowest BCUT2D eigenvalue weighted by Gasteiger charge is -2.17. The molecule has 2 rings (SSSR count). The van der Waals surface area contributed by atoms with Crippen molar-refractivity contribution in [3.8, 4) is 5.75 Å². The fraction of sp³-hybridized carbons (Fsp3) is 0.647. The topological polar surface area (TPSA) is 21.3 Å². The highest BCUT2D eigenvalue weighted by Crippen LogP contribution is 2.19. The number of ether oxygens (including phenoxy) is 1. The highest BCUT2D eigenvalue weighted by Gasteiger charge is 2.10. The minimum absolute atomic E-state index is 0.715. The van der Waals surface area contributed by atoms with Crippen LogP contribution in [0.15, 0.2) is 24.3 Å². The zero-order chi connectivity index (χ0) is 13.3. The van der Waals surface area contributed by atoms with Crippen LogP contribution in [0, 0.1) is 0 Å². The minimum Gasteiger partial charge on any atom is -0.492 e. The molecule has 2 nitrogen and oxygen atoms in total. The van der Waals surface area contributed by atoms with Crippen molar-refractivity contribution in [2.24, 2.45) is 0 Å². The molecule has 0 bridgehead atoms. The molecule has 106 valence electrons. The molecule has 0 radical (unpaired) electrons. The summed E-state index contributed by atoms with van der Waals surface area (Å²) in [6.45, 7) is 3.90. The largest absolute Gasteiger partial charge is 0.492 e.